The minimum absolute atomic E-state index is 0.0476. The van der Waals surface area contributed by atoms with Gasteiger partial charge < -0.3 is 10.3 Å². The van der Waals surface area contributed by atoms with Crippen LogP contribution in [0.2, 0.25) is 0 Å². The molecule has 0 aliphatic carbocycles. The lowest BCUT2D eigenvalue weighted by Crippen LogP contribution is -2.43. The Hall–Kier alpha value is -2.14. The number of likely N-dealkylation sites (tertiary alicyclic amines) is 1. The van der Waals surface area contributed by atoms with Gasteiger partial charge in [-0.3, -0.25) is 9.69 Å². The first-order chi connectivity index (χ1) is 11.1. The van der Waals surface area contributed by atoms with Crippen molar-refractivity contribution in [3.8, 4) is 11.1 Å². The zero-order valence-electron chi connectivity index (χ0n) is 13.3. The molecule has 1 aromatic carbocycles. The maximum absolute atomic E-state index is 13.1. The smallest absolute Gasteiger partial charge is 0.217 e. The van der Waals surface area contributed by atoms with Gasteiger partial charge in [0, 0.05) is 50.1 Å². The van der Waals surface area contributed by atoms with Crippen molar-refractivity contribution in [1.29, 1.82) is 0 Å². The fraction of sp³-hybridized carbons (Fsp3) is 0.389. The third-order valence-corrected chi connectivity index (χ3v) is 4.36. The minimum Gasteiger partial charge on any atom is -0.363 e. The molecule has 3 rings (SSSR count). The molecule has 1 amide bonds. The van der Waals surface area contributed by atoms with E-state index in [1.165, 1.54) is 12.1 Å². The van der Waals surface area contributed by atoms with Crippen molar-refractivity contribution < 1.29 is 9.18 Å². The molecule has 122 valence electrons. The number of piperidine rings is 1. The van der Waals surface area contributed by atoms with E-state index in [2.05, 4.69) is 15.2 Å². The summed E-state index contributed by atoms with van der Waals surface area (Å²) in [6.45, 7) is 4.34. The number of aromatic amines is 1. The first-order valence-corrected chi connectivity index (χ1v) is 8.03. The van der Waals surface area contributed by atoms with Gasteiger partial charge in [-0.15, -0.1) is 0 Å². The molecule has 2 heterocycles. The highest BCUT2D eigenvalue weighted by Gasteiger charge is 2.20. The van der Waals surface area contributed by atoms with E-state index in [0.717, 1.165) is 49.3 Å². The van der Waals surface area contributed by atoms with E-state index in [9.17, 15) is 9.18 Å². The molecule has 0 saturated carbocycles. The Kier molecular flexibility index (Phi) is 4.76. The fourth-order valence-electron chi connectivity index (χ4n) is 3.18. The number of amides is 1. The van der Waals surface area contributed by atoms with Gasteiger partial charge in [0.2, 0.25) is 5.91 Å². The zero-order chi connectivity index (χ0) is 16.2. The number of nitrogens with zero attached hydrogens (tertiary/aromatic N) is 1. The second kappa shape index (κ2) is 6.96. The average molecular weight is 315 g/mol. The number of carbonyl (C=O) groups is 1. The Labute approximate surface area is 135 Å². The van der Waals surface area contributed by atoms with Crippen LogP contribution in [0.4, 0.5) is 4.39 Å². The van der Waals surface area contributed by atoms with E-state index in [-0.39, 0.29) is 11.7 Å². The Morgan fingerprint density at radius 1 is 1.26 bits per heavy atom. The fourth-order valence-corrected chi connectivity index (χ4v) is 3.18. The third kappa shape index (κ3) is 3.99. The number of halogens is 1. The summed E-state index contributed by atoms with van der Waals surface area (Å²) in [5.41, 5.74) is 3.29. The molecule has 2 N–H and O–H groups in total. The number of hydrogen-bond acceptors (Lipinski definition) is 2. The summed E-state index contributed by atoms with van der Waals surface area (Å²) in [5, 5.41) is 2.99. The van der Waals surface area contributed by atoms with Crippen LogP contribution >= 0.6 is 0 Å². The number of H-pyrrole nitrogens is 1. The maximum Gasteiger partial charge on any atom is 0.217 e. The molecular formula is C18H22FN3O. The van der Waals surface area contributed by atoms with Gasteiger partial charge >= 0.3 is 0 Å². The topological polar surface area (TPSA) is 48.1 Å². The first kappa shape index (κ1) is 15.7. The molecule has 0 unspecified atom stereocenters. The molecule has 1 fully saturated rings. The van der Waals surface area contributed by atoms with Gasteiger partial charge in [-0.1, -0.05) is 12.1 Å². The summed E-state index contributed by atoms with van der Waals surface area (Å²) in [6.07, 6.45) is 3.89. The van der Waals surface area contributed by atoms with Crippen molar-refractivity contribution in [1.82, 2.24) is 15.2 Å². The van der Waals surface area contributed by atoms with Crippen LogP contribution in [0.25, 0.3) is 11.1 Å². The third-order valence-electron chi connectivity index (χ3n) is 4.36. The summed E-state index contributed by atoms with van der Waals surface area (Å²) in [5.74, 6) is -0.169. The molecular weight excluding hydrogens is 293 g/mol. The molecule has 0 atom stereocenters. The minimum atomic E-state index is -0.217. The van der Waals surface area contributed by atoms with Crippen LogP contribution in [-0.4, -0.2) is 34.9 Å². The van der Waals surface area contributed by atoms with E-state index >= 15 is 0 Å². The highest BCUT2D eigenvalue weighted by atomic mass is 19.1. The van der Waals surface area contributed by atoms with E-state index in [1.807, 2.05) is 24.4 Å². The Morgan fingerprint density at radius 2 is 1.96 bits per heavy atom. The van der Waals surface area contributed by atoms with Gasteiger partial charge in [-0.2, -0.15) is 0 Å². The van der Waals surface area contributed by atoms with Crippen molar-refractivity contribution in [2.75, 3.05) is 13.1 Å². The Bertz CT molecular complexity index is 657. The van der Waals surface area contributed by atoms with Crippen LogP contribution in [-0.2, 0) is 11.3 Å². The quantitative estimate of drug-likeness (QED) is 0.911. The van der Waals surface area contributed by atoms with Crippen LogP contribution < -0.4 is 5.32 Å². The van der Waals surface area contributed by atoms with Crippen molar-refractivity contribution >= 4 is 5.91 Å². The monoisotopic (exact) mass is 315 g/mol. The van der Waals surface area contributed by atoms with Crippen LogP contribution in [0.5, 0.6) is 0 Å². The van der Waals surface area contributed by atoms with Gasteiger partial charge in [0.15, 0.2) is 0 Å². The first-order valence-electron chi connectivity index (χ1n) is 8.03. The lowest BCUT2D eigenvalue weighted by molar-refractivity contribution is -0.119. The van der Waals surface area contributed by atoms with Gasteiger partial charge in [-0.25, -0.2) is 4.39 Å². The van der Waals surface area contributed by atoms with Crippen LogP contribution in [0.15, 0.2) is 36.5 Å². The van der Waals surface area contributed by atoms with Gasteiger partial charge in [-0.05, 0) is 36.6 Å². The summed E-state index contributed by atoms with van der Waals surface area (Å²) in [7, 11) is 0. The van der Waals surface area contributed by atoms with E-state index in [1.54, 1.807) is 6.92 Å². The zero-order valence-corrected chi connectivity index (χ0v) is 13.3. The Balaban J connectivity index is 1.63. The standard InChI is InChI=1S/C18H22FN3O/c1-13(23)21-16-7-10-22(11-8-16)12-18-17(6-9-20-18)14-2-4-15(19)5-3-14/h2-6,9,16,20H,7-8,10-12H2,1H3,(H,21,23). The normalized spacial score (nSPS) is 16.4. The molecule has 4 nitrogen and oxygen atoms in total. The molecule has 1 aromatic heterocycles. The van der Waals surface area contributed by atoms with Gasteiger partial charge in [0.05, 0.1) is 0 Å². The molecule has 1 aliphatic heterocycles. The predicted molar refractivity (Wildman–Crippen MR) is 88.3 cm³/mol. The largest absolute Gasteiger partial charge is 0.363 e. The molecule has 23 heavy (non-hydrogen) atoms. The summed E-state index contributed by atoms with van der Waals surface area (Å²) in [6, 6.07) is 8.93. The lowest BCUT2D eigenvalue weighted by atomic mass is 10.0. The maximum atomic E-state index is 13.1. The van der Waals surface area contributed by atoms with Crippen LogP contribution in [0, 0.1) is 5.82 Å². The van der Waals surface area contributed by atoms with Crippen molar-refractivity contribution in [3.63, 3.8) is 0 Å². The number of rotatable bonds is 4. The summed E-state index contributed by atoms with van der Waals surface area (Å²) in [4.78, 5) is 16.8. The summed E-state index contributed by atoms with van der Waals surface area (Å²) < 4.78 is 13.1. The van der Waals surface area contributed by atoms with Gasteiger partial charge in [0.25, 0.3) is 0 Å². The number of benzene rings is 1. The number of hydrogen-bond donors (Lipinski definition) is 2. The highest BCUT2D eigenvalue weighted by Crippen LogP contribution is 2.25. The molecule has 0 radical (unpaired) electrons. The second-order valence-electron chi connectivity index (χ2n) is 6.13. The second-order valence-corrected chi connectivity index (χ2v) is 6.13. The highest BCUT2D eigenvalue weighted by molar-refractivity contribution is 5.73. The predicted octanol–water partition coefficient (Wildman–Crippen LogP) is 2.92. The number of aromatic nitrogens is 1. The van der Waals surface area contributed by atoms with Crippen molar-refractivity contribution in [2.24, 2.45) is 0 Å². The molecule has 0 bridgehead atoms. The van der Waals surface area contributed by atoms with Gasteiger partial charge in [0.1, 0.15) is 5.82 Å². The van der Waals surface area contributed by atoms with Crippen LogP contribution in [0.3, 0.4) is 0 Å². The van der Waals surface area contributed by atoms with E-state index in [4.69, 9.17) is 0 Å². The van der Waals surface area contributed by atoms with Crippen molar-refractivity contribution in [3.05, 3.63) is 48.0 Å². The van der Waals surface area contributed by atoms with Crippen molar-refractivity contribution in [2.45, 2.75) is 32.4 Å². The number of nitrogens with one attached hydrogen (secondary N) is 2. The van der Waals surface area contributed by atoms with Crippen LogP contribution in [0.1, 0.15) is 25.5 Å². The Morgan fingerprint density at radius 3 is 2.61 bits per heavy atom. The SMILES string of the molecule is CC(=O)NC1CCN(Cc2[nH]ccc2-c2ccc(F)cc2)CC1. The summed E-state index contributed by atoms with van der Waals surface area (Å²) >= 11 is 0. The molecule has 2 aromatic rings. The molecule has 1 aliphatic rings. The van der Waals surface area contributed by atoms with E-state index < -0.39 is 0 Å². The number of carbonyl (C=O) groups excluding carboxylic acids is 1. The molecule has 1 saturated heterocycles. The average Bonchev–Trinajstić information content (AvgIpc) is 2.98. The lowest BCUT2D eigenvalue weighted by Gasteiger charge is -2.32. The van der Waals surface area contributed by atoms with E-state index in [0.29, 0.717) is 6.04 Å². The molecule has 5 heteroatoms. The molecule has 0 spiro atoms.